The molecule has 6 heteroatoms. The third-order valence-corrected chi connectivity index (χ3v) is 7.43. The van der Waals surface area contributed by atoms with Gasteiger partial charge in [-0.2, -0.15) is 5.10 Å². The number of carbonyl (C=O) groups excluding carboxylic acids is 1. The van der Waals surface area contributed by atoms with E-state index in [4.69, 9.17) is 0 Å². The van der Waals surface area contributed by atoms with Crippen LogP contribution in [0.15, 0.2) is 47.3 Å². The van der Waals surface area contributed by atoms with Crippen molar-refractivity contribution < 1.29 is 9.90 Å². The van der Waals surface area contributed by atoms with Gasteiger partial charge in [-0.15, -0.1) is 0 Å². The number of phenols is 1. The molecule has 2 heterocycles. The molecule has 0 unspecified atom stereocenters. The second kappa shape index (κ2) is 6.17. The quantitative estimate of drug-likeness (QED) is 0.688. The van der Waals surface area contributed by atoms with E-state index in [1.807, 2.05) is 23.1 Å². The van der Waals surface area contributed by atoms with Crippen molar-refractivity contribution in [3.63, 3.8) is 0 Å². The zero-order valence-corrected chi connectivity index (χ0v) is 16.6. The number of phenolic OH excluding ortho intramolecular Hbond substituents is 1. The van der Waals surface area contributed by atoms with Crippen molar-refractivity contribution in [3.05, 3.63) is 64.1 Å². The zero-order chi connectivity index (χ0) is 20.5. The van der Waals surface area contributed by atoms with Gasteiger partial charge < -0.3 is 10.0 Å². The number of nitrogens with one attached hydrogen (secondary N) is 1. The van der Waals surface area contributed by atoms with Crippen LogP contribution in [-0.2, 0) is 11.2 Å². The summed E-state index contributed by atoms with van der Waals surface area (Å²) in [6.07, 6.45) is 4.70. The maximum absolute atomic E-state index is 13.1. The zero-order valence-electron chi connectivity index (χ0n) is 16.6. The molecule has 2 fully saturated rings. The molecule has 152 valence electrons. The van der Waals surface area contributed by atoms with Crippen molar-refractivity contribution in [2.75, 3.05) is 11.4 Å². The molecule has 30 heavy (non-hydrogen) atoms. The predicted octanol–water partition coefficient (Wildman–Crippen LogP) is 3.49. The monoisotopic (exact) mass is 401 g/mol. The third-order valence-electron chi connectivity index (χ3n) is 7.43. The van der Waals surface area contributed by atoms with Crippen molar-refractivity contribution in [3.8, 4) is 5.75 Å². The SMILES string of the molecule is O=C(C1CC2(C1)CC(c1n[nH]c(=O)c3cccc(O)c13)C2)N1CCc2ccccc21. The summed E-state index contributed by atoms with van der Waals surface area (Å²) in [4.78, 5) is 27.1. The van der Waals surface area contributed by atoms with E-state index in [0.29, 0.717) is 10.8 Å². The van der Waals surface area contributed by atoms with Crippen molar-refractivity contribution in [2.45, 2.75) is 38.0 Å². The lowest BCUT2D eigenvalue weighted by molar-refractivity contribution is -0.135. The van der Waals surface area contributed by atoms with Gasteiger partial charge in [-0.05, 0) is 61.3 Å². The largest absolute Gasteiger partial charge is 0.507 e. The minimum absolute atomic E-state index is 0.103. The highest BCUT2D eigenvalue weighted by molar-refractivity contribution is 5.97. The first-order valence-electron chi connectivity index (χ1n) is 10.6. The Morgan fingerprint density at radius 2 is 1.90 bits per heavy atom. The number of anilines is 1. The highest BCUT2D eigenvalue weighted by Crippen LogP contribution is 2.64. The number of hydrogen-bond donors (Lipinski definition) is 2. The molecule has 1 amide bonds. The first kappa shape index (κ1) is 17.7. The summed E-state index contributed by atoms with van der Waals surface area (Å²) in [7, 11) is 0. The molecule has 6 rings (SSSR count). The van der Waals surface area contributed by atoms with Crippen LogP contribution < -0.4 is 10.5 Å². The van der Waals surface area contributed by atoms with Crippen LogP contribution >= 0.6 is 0 Å². The smallest absolute Gasteiger partial charge is 0.272 e. The van der Waals surface area contributed by atoms with E-state index in [9.17, 15) is 14.7 Å². The summed E-state index contributed by atoms with van der Waals surface area (Å²) in [5.74, 6) is 0.683. The highest BCUT2D eigenvalue weighted by atomic mass is 16.3. The van der Waals surface area contributed by atoms with E-state index >= 15 is 0 Å². The number of carbonyl (C=O) groups is 1. The summed E-state index contributed by atoms with van der Waals surface area (Å²) in [5, 5.41) is 18.2. The summed E-state index contributed by atoms with van der Waals surface area (Å²) in [6, 6.07) is 13.2. The number of aromatic hydroxyl groups is 1. The van der Waals surface area contributed by atoms with Crippen LogP contribution in [0, 0.1) is 11.3 Å². The minimum Gasteiger partial charge on any atom is -0.507 e. The maximum atomic E-state index is 13.1. The van der Waals surface area contributed by atoms with Gasteiger partial charge in [0, 0.05) is 24.1 Å². The van der Waals surface area contributed by atoms with E-state index in [2.05, 4.69) is 16.3 Å². The lowest BCUT2D eigenvalue weighted by Crippen LogP contribution is -2.52. The molecule has 0 radical (unpaired) electrons. The van der Waals surface area contributed by atoms with E-state index < -0.39 is 0 Å². The number of H-pyrrole nitrogens is 1. The number of aromatic nitrogens is 2. The Balaban J connectivity index is 1.17. The number of nitrogens with zero attached hydrogens (tertiary/aromatic N) is 2. The second-order valence-corrected chi connectivity index (χ2v) is 9.22. The van der Waals surface area contributed by atoms with E-state index in [1.165, 1.54) is 5.56 Å². The lowest BCUT2D eigenvalue weighted by atomic mass is 9.47. The number of benzene rings is 2. The molecule has 2 saturated carbocycles. The van der Waals surface area contributed by atoms with E-state index in [1.54, 1.807) is 18.2 Å². The highest BCUT2D eigenvalue weighted by Gasteiger charge is 2.56. The van der Waals surface area contributed by atoms with Crippen LogP contribution in [-0.4, -0.2) is 27.8 Å². The summed E-state index contributed by atoms with van der Waals surface area (Å²) >= 11 is 0. The van der Waals surface area contributed by atoms with Crippen molar-refractivity contribution in [2.24, 2.45) is 11.3 Å². The van der Waals surface area contributed by atoms with Gasteiger partial charge >= 0.3 is 0 Å². The van der Waals surface area contributed by atoms with E-state index in [0.717, 1.165) is 50.0 Å². The lowest BCUT2D eigenvalue weighted by Gasteiger charge is -2.57. The fraction of sp³-hybridized carbons (Fsp3) is 0.375. The minimum atomic E-state index is -0.279. The molecular formula is C24H23N3O3. The molecule has 1 aromatic heterocycles. The Bertz CT molecular complexity index is 1230. The molecule has 1 spiro atoms. The Labute approximate surface area is 173 Å². The number of para-hydroxylation sites is 1. The predicted molar refractivity (Wildman–Crippen MR) is 114 cm³/mol. The fourth-order valence-electron chi connectivity index (χ4n) is 5.98. The van der Waals surface area contributed by atoms with Crippen molar-refractivity contribution in [1.82, 2.24) is 10.2 Å². The van der Waals surface area contributed by atoms with Crippen LogP contribution in [0.5, 0.6) is 5.75 Å². The van der Waals surface area contributed by atoms with Crippen molar-refractivity contribution >= 4 is 22.4 Å². The number of fused-ring (bicyclic) bond motifs is 2. The van der Waals surface area contributed by atoms with Crippen LogP contribution in [0.2, 0.25) is 0 Å². The summed E-state index contributed by atoms with van der Waals surface area (Å²) < 4.78 is 0. The first-order valence-corrected chi connectivity index (χ1v) is 10.6. The van der Waals surface area contributed by atoms with Gasteiger partial charge in [0.15, 0.2) is 0 Å². The number of rotatable bonds is 2. The molecule has 0 saturated heterocycles. The Hall–Kier alpha value is -3.15. The fourth-order valence-corrected chi connectivity index (χ4v) is 5.98. The molecule has 0 bridgehead atoms. The number of amides is 1. The number of aromatic amines is 1. The van der Waals surface area contributed by atoms with Crippen molar-refractivity contribution in [1.29, 1.82) is 0 Å². The molecule has 3 aromatic rings. The standard InChI is InChI=1S/C24H23N3O3/c28-19-7-3-5-17-20(19)21(25-26-22(17)29)15-10-24(11-15)12-16(13-24)23(30)27-9-8-14-4-1-2-6-18(14)27/h1-7,15-16,28H,8-13H2,(H,26,29). The molecule has 0 atom stereocenters. The summed E-state index contributed by atoms with van der Waals surface area (Å²) in [6.45, 7) is 0.789. The molecular weight excluding hydrogens is 378 g/mol. The Kier molecular flexibility index (Phi) is 3.64. The topological polar surface area (TPSA) is 86.3 Å². The van der Waals surface area contributed by atoms with Gasteiger partial charge in [-0.1, -0.05) is 24.3 Å². The van der Waals surface area contributed by atoms with Crippen LogP contribution in [0.3, 0.4) is 0 Å². The number of hydrogen-bond acceptors (Lipinski definition) is 4. The van der Waals surface area contributed by atoms with Gasteiger partial charge in [0.1, 0.15) is 5.75 Å². The molecule has 6 nitrogen and oxygen atoms in total. The Morgan fingerprint density at radius 3 is 2.73 bits per heavy atom. The van der Waals surface area contributed by atoms with Gasteiger partial charge in [0.05, 0.1) is 16.5 Å². The normalized spacial score (nSPS) is 27.0. The second-order valence-electron chi connectivity index (χ2n) is 9.22. The van der Waals surface area contributed by atoms with Gasteiger partial charge in [-0.3, -0.25) is 9.59 Å². The molecule has 1 aliphatic heterocycles. The van der Waals surface area contributed by atoms with Gasteiger partial charge in [-0.25, -0.2) is 5.10 Å². The van der Waals surface area contributed by atoms with Crippen LogP contribution in [0.25, 0.3) is 10.8 Å². The average Bonchev–Trinajstić information content (AvgIpc) is 3.12. The maximum Gasteiger partial charge on any atom is 0.272 e. The molecule has 2 aliphatic carbocycles. The van der Waals surface area contributed by atoms with Gasteiger partial charge in [0.2, 0.25) is 5.91 Å². The summed E-state index contributed by atoms with van der Waals surface area (Å²) in [5.41, 5.74) is 3.04. The van der Waals surface area contributed by atoms with Crippen LogP contribution in [0.1, 0.15) is 42.9 Å². The molecule has 3 aliphatic rings. The third kappa shape index (κ3) is 2.46. The average molecular weight is 401 g/mol. The first-order chi connectivity index (χ1) is 14.5. The van der Waals surface area contributed by atoms with Crippen LogP contribution in [0.4, 0.5) is 5.69 Å². The van der Waals surface area contributed by atoms with Gasteiger partial charge in [0.25, 0.3) is 5.56 Å². The molecule has 2 N–H and O–H groups in total. The Morgan fingerprint density at radius 1 is 1.10 bits per heavy atom. The molecule has 2 aromatic carbocycles. The van der Waals surface area contributed by atoms with E-state index in [-0.39, 0.29) is 34.5 Å².